The highest BCUT2D eigenvalue weighted by atomic mass is 19.4. The van der Waals surface area contributed by atoms with Gasteiger partial charge in [-0.05, 0) is 37.0 Å². The van der Waals surface area contributed by atoms with E-state index >= 15 is 0 Å². The first kappa shape index (κ1) is 16.8. The average molecular weight is 305 g/mol. The van der Waals surface area contributed by atoms with Gasteiger partial charge in [-0.15, -0.1) is 0 Å². The minimum absolute atomic E-state index is 0.0365. The zero-order valence-electron chi connectivity index (χ0n) is 13.2. The lowest BCUT2D eigenvalue weighted by molar-refractivity contribution is -0.151. The highest BCUT2D eigenvalue weighted by molar-refractivity contribution is 5.82. The molecule has 2 atom stereocenters. The largest absolute Gasteiger partial charge is 0.401 e. The molecule has 21 heavy (non-hydrogen) atoms. The van der Waals surface area contributed by atoms with Crippen LogP contribution in [0.1, 0.15) is 52.9 Å². The van der Waals surface area contributed by atoms with Gasteiger partial charge in [0.05, 0.1) is 6.54 Å². The van der Waals surface area contributed by atoms with E-state index in [1.165, 1.54) is 4.90 Å². The number of nitrogens with zero attached hydrogens (tertiary/aromatic N) is 1. The Morgan fingerprint density at radius 2 is 1.76 bits per heavy atom. The molecule has 0 aromatic rings. The molecule has 2 nitrogen and oxygen atoms in total. The van der Waals surface area contributed by atoms with Crippen molar-refractivity contribution in [1.29, 1.82) is 0 Å². The van der Waals surface area contributed by atoms with Gasteiger partial charge >= 0.3 is 6.18 Å². The van der Waals surface area contributed by atoms with Gasteiger partial charge in [0.1, 0.15) is 5.78 Å². The number of halogens is 3. The van der Waals surface area contributed by atoms with Crippen molar-refractivity contribution >= 4 is 5.78 Å². The Morgan fingerprint density at radius 3 is 2.24 bits per heavy atom. The van der Waals surface area contributed by atoms with E-state index < -0.39 is 12.7 Å². The summed E-state index contributed by atoms with van der Waals surface area (Å²) in [6.45, 7) is 5.87. The molecule has 2 rings (SSSR count). The summed E-state index contributed by atoms with van der Waals surface area (Å²) in [4.78, 5) is 13.6. The van der Waals surface area contributed by atoms with Crippen LogP contribution in [0.4, 0.5) is 13.2 Å². The second-order valence-corrected chi connectivity index (χ2v) is 7.78. The van der Waals surface area contributed by atoms with Gasteiger partial charge in [-0.2, -0.15) is 13.2 Å². The molecule has 0 bridgehead atoms. The molecule has 0 saturated heterocycles. The third kappa shape index (κ3) is 4.97. The highest BCUT2D eigenvalue weighted by Crippen LogP contribution is 2.40. The molecular formula is C16H26F3NO. The third-order valence-corrected chi connectivity index (χ3v) is 4.89. The van der Waals surface area contributed by atoms with Crippen LogP contribution in [0.3, 0.4) is 0 Å². The second-order valence-electron chi connectivity index (χ2n) is 7.78. The molecule has 0 N–H and O–H groups in total. The molecule has 0 radical (unpaired) electrons. The molecule has 5 heteroatoms. The summed E-state index contributed by atoms with van der Waals surface area (Å²) in [7, 11) is 0. The van der Waals surface area contributed by atoms with Crippen molar-refractivity contribution in [3.8, 4) is 0 Å². The number of hydrogen-bond donors (Lipinski definition) is 0. The number of Topliss-reactive ketones (excluding diaryl/α,β-unsaturated/α-hetero) is 1. The van der Waals surface area contributed by atoms with E-state index in [9.17, 15) is 18.0 Å². The van der Waals surface area contributed by atoms with Gasteiger partial charge in [0, 0.05) is 24.9 Å². The summed E-state index contributed by atoms with van der Waals surface area (Å²) in [6.07, 6.45) is -0.370. The van der Waals surface area contributed by atoms with Crippen molar-refractivity contribution in [2.75, 3.05) is 13.1 Å². The summed E-state index contributed by atoms with van der Waals surface area (Å²) in [5.41, 5.74) is 0.118. The fourth-order valence-electron chi connectivity index (χ4n) is 3.37. The fourth-order valence-corrected chi connectivity index (χ4v) is 3.37. The smallest absolute Gasteiger partial charge is 0.299 e. The van der Waals surface area contributed by atoms with Crippen LogP contribution in [0.2, 0.25) is 0 Å². The van der Waals surface area contributed by atoms with E-state index in [4.69, 9.17) is 0 Å². The lowest BCUT2D eigenvalue weighted by Gasteiger charge is -2.38. The molecule has 2 fully saturated rings. The van der Waals surface area contributed by atoms with Crippen LogP contribution in [0.15, 0.2) is 0 Å². The monoisotopic (exact) mass is 305 g/mol. The van der Waals surface area contributed by atoms with Crippen molar-refractivity contribution in [1.82, 2.24) is 4.90 Å². The minimum atomic E-state index is -4.18. The Morgan fingerprint density at radius 1 is 1.14 bits per heavy atom. The van der Waals surface area contributed by atoms with Crippen molar-refractivity contribution in [2.24, 2.45) is 17.3 Å². The van der Waals surface area contributed by atoms with Gasteiger partial charge in [0.15, 0.2) is 0 Å². The number of hydrogen-bond acceptors (Lipinski definition) is 2. The van der Waals surface area contributed by atoms with E-state index in [0.717, 1.165) is 25.7 Å². The maximum atomic E-state index is 12.7. The van der Waals surface area contributed by atoms with Crippen LogP contribution >= 0.6 is 0 Å². The molecule has 2 aliphatic rings. The zero-order chi connectivity index (χ0) is 15.8. The molecule has 0 aromatic heterocycles. The Kier molecular flexibility index (Phi) is 4.72. The number of carbonyl (C=O) groups excluding carboxylic acids is 1. The lowest BCUT2D eigenvalue weighted by atomic mass is 9.68. The fraction of sp³-hybridized carbons (Fsp3) is 0.938. The van der Waals surface area contributed by atoms with E-state index in [1.54, 1.807) is 0 Å². The van der Waals surface area contributed by atoms with Crippen LogP contribution < -0.4 is 0 Å². The molecule has 0 aromatic carbocycles. The summed E-state index contributed by atoms with van der Waals surface area (Å²) < 4.78 is 38.1. The number of ketones is 1. The molecule has 2 saturated carbocycles. The van der Waals surface area contributed by atoms with E-state index in [1.807, 2.05) is 0 Å². The Balaban J connectivity index is 1.99. The molecule has 2 unspecified atom stereocenters. The standard InChI is InChI=1S/C16H26F3NO/c1-15(2,3)12-4-7-14(21)11(8-12)9-20(13-5-6-13)10-16(17,18)19/h11-13H,4-10H2,1-3H3. The molecule has 0 spiro atoms. The first-order valence-corrected chi connectivity index (χ1v) is 7.90. The first-order chi connectivity index (χ1) is 9.56. The molecule has 2 aliphatic carbocycles. The normalized spacial score (nSPS) is 28.2. The Hall–Kier alpha value is -0.580. The van der Waals surface area contributed by atoms with E-state index in [-0.39, 0.29) is 29.7 Å². The Labute approximate surface area is 125 Å². The molecule has 0 aliphatic heterocycles. The first-order valence-electron chi connectivity index (χ1n) is 7.90. The van der Waals surface area contributed by atoms with Gasteiger partial charge in [-0.25, -0.2) is 0 Å². The van der Waals surface area contributed by atoms with Crippen molar-refractivity contribution in [2.45, 2.75) is 65.1 Å². The van der Waals surface area contributed by atoms with Crippen LogP contribution in [-0.4, -0.2) is 36.0 Å². The van der Waals surface area contributed by atoms with Gasteiger partial charge in [-0.1, -0.05) is 20.8 Å². The highest BCUT2D eigenvalue weighted by Gasteiger charge is 2.41. The van der Waals surface area contributed by atoms with E-state index in [2.05, 4.69) is 20.8 Å². The minimum Gasteiger partial charge on any atom is -0.299 e. The summed E-state index contributed by atoms with van der Waals surface area (Å²) >= 11 is 0. The third-order valence-electron chi connectivity index (χ3n) is 4.89. The maximum Gasteiger partial charge on any atom is 0.401 e. The summed E-state index contributed by atoms with van der Waals surface area (Å²) in [5, 5.41) is 0. The van der Waals surface area contributed by atoms with Crippen LogP contribution in [-0.2, 0) is 4.79 Å². The number of carbonyl (C=O) groups is 1. The van der Waals surface area contributed by atoms with Crippen molar-refractivity contribution < 1.29 is 18.0 Å². The molecule has 122 valence electrons. The van der Waals surface area contributed by atoms with Crippen LogP contribution in [0.5, 0.6) is 0 Å². The van der Waals surface area contributed by atoms with Crippen LogP contribution in [0, 0.1) is 17.3 Å². The number of alkyl halides is 3. The topological polar surface area (TPSA) is 20.3 Å². The number of rotatable bonds is 4. The summed E-state index contributed by atoms with van der Waals surface area (Å²) in [6, 6.07) is 0.0365. The van der Waals surface area contributed by atoms with Crippen molar-refractivity contribution in [3.05, 3.63) is 0 Å². The van der Waals surface area contributed by atoms with Crippen LogP contribution in [0.25, 0.3) is 0 Å². The van der Waals surface area contributed by atoms with Crippen molar-refractivity contribution in [3.63, 3.8) is 0 Å². The van der Waals surface area contributed by atoms with Gasteiger partial charge in [-0.3, -0.25) is 9.69 Å². The predicted molar refractivity (Wildman–Crippen MR) is 75.9 cm³/mol. The predicted octanol–water partition coefficient (Wildman–Crippen LogP) is 4.04. The van der Waals surface area contributed by atoms with E-state index in [0.29, 0.717) is 12.3 Å². The van der Waals surface area contributed by atoms with Gasteiger partial charge in [0.2, 0.25) is 0 Å². The average Bonchev–Trinajstić information content (AvgIpc) is 3.11. The quantitative estimate of drug-likeness (QED) is 0.781. The molecule has 0 heterocycles. The lowest BCUT2D eigenvalue weighted by Crippen LogP contribution is -2.43. The molecular weight excluding hydrogens is 279 g/mol. The van der Waals surface area contributed by atoms with Gasteiger partial charge in [0.25, 0.3) is 0 Å². The second kappa shape index (κ2) is 5.90. The van der Waals surface area contributed by atoms with Gasteiger partial charge < -0.3 is 0 Å². The maximum absolute atomic E-state index is 12.7. The molecule has 0 amide bonds. The zero-order valence-corrected chi connectivity index (χ0v) is 13.2. The summed E-state index contributed by atoms with van der Waals surface area (Å²) in [5.74, 6) is 0.362. The SMILES string of the molecule is CC(C)(C)C1CCC(=O)C(CN(CC(F)(F)F)C2CC2)C1. The Bertz CT molecular complexity index is 382.